The fraction of sp³-hybridized carbons (Fsp3) is 0.238. The van der Waals surface area contributed by atoms with Crippen LogP contribution in [0.4, 0.5) is 13.2 Å². The molecule has 0 saturated carbocycles. The molecule has 0 atom stereocenters. The number of aromatic nitrogens is 1. The van der Waals surface area contributed by atoms with Gasteiger partial charge in [-0.1, -0.05) is 18.2 Å². The van der Waals surface area contributed by atoms with Gasteiger partial charge in [0.15, 0.2) is 0 Å². The summed E-state index contributed by atoms with van der Waals surface area (Å²) in [7, 11) is 0. The van der Waals surface area contributed by atoms with Crippen LogP contribution < -0.4 is 5.43 Å². The standard InChI is InChI=1S/C21H18F3N3O/c22-21(23,24)17-7-3-1-5-14(17)12-25-27-20(28)13-9-10-19-16(11-13)15-6-2-4-8-18(15)26-19/h1,3,5,7,9-12,26H,2,4,6,8H2,(H,27,28)/b25-12-. The first kappa shape index (κ1) is 18.3. The Hall–Kier alpha value is -3.09. The van der Waals surface area contributed by atoms with Crippen molar-refractivity contribution in [2.75, 3.05) is 0 Å². The highest BCUT2D eigenvalue weighted by Gasteiger charge is 2.32. The number of amides is 1. The first-order valence-corrected chi connectivity index (χ1v) is 9.06. The quantitative estimate of drug-likeness (QED) is 0.492. The van der Waals surface area contributed by atoms with E-state index >= 15 is 0 Å². The molecular weight excluding hydrogens is 367 g/mol. The van der Waals surface area contributed by atoms with Crippen LogP contribution in [-0.2, 0) is 19.0 Å². The number of benzene rings is 2. The van der Waals surface area contributed by atoms with Gasteiger partial charge in [-0.2, -0.15) is 18.3 Å². The Morgan fingerprint density at radius 1 is 1.11 bits per heavy atom. The molecule has 2 aromatic carbocycles. The largest absolute Gasteiger partial charge is 0.417 e. The summed E-state index contributed by atoms with van der Waals surface area (Å²) in [4.78, 5) is 15.8. The molecule has 1 aliphatic carbocycles. The summed E-state index contributed by atoms with van der Waals surface area (Å²) in [5.41, 5.74) is 5.29. The normalized spacial score (nSPS) is 14.4. The Kier molecular flexibility index (Phi) is 4.66. The van der Waals surface area contributed by atoms with Gasteiger partial charge >= 0.3 is 6.18 Å². The van der Waals surface area contributed by atoms with Gasteiger partial charge in [0.2, 0.25) is 0 Å². The van der Waals surface area contributed by atoms with E-state index in [2.05, 4.69) is 15.5 Å². The monoisotopic (exact) mass is 385 g/mol. The Morgan fingerprint density at radius 3 is 2.71 bits per heavy atom. The molecule has 0 bridgehead atoms. The van der Waals surface area contributed by atoms with Gasteiger partial charge in [-0.3, -0.25) is 4.79 Å². The number of hydrogen-bond donors (Lipinski definition) is 2. The summed E-state index contributed by atoms with van der Waals surface area (Å²) < 4.78 is 39.0. The number of nitrogens with one attached hydrogen (secondary N) is 2. The molecule has 0 spiro atoms. The molecule has 1 amide bonds. The van der Waals surface area contributed by atoms with Crippen LogP contribution in [0.2, 0.25) is 0 Å². The zero-order valence-corrected chi connectivity index (χ0v) is 14.9. The molecule has 1 aromatic heterocycles. The summed E-state index contributed by atoms with van der Waals surface area (Å²) in [5.74, 6) is -0.464. The number of hydrazone groups is 1. The van der Waals surface area contributed by atoms with Crippen LogP contribution in [0.5, 0.6) is 0 Å². The number of carbonyl (C=O) groups excluding carboxylic acids is 1. The van der Waals surface area contributed by atoms with E-state index in [9.17, 15) is 18.0 Å². The highest BCUT2D eigenvalue weighted by atomic mass is 19.4. The van der Waals surface area contributed by atoms with Crippen LogP contribution in [0.15, 0.2) is 47.6 Å². The minimum absolute atomic E-state index is 0.106. The maximum Gasteiger partial charge on any atom is 0.417 e. The Labute approximate surface area is 159 Å². The molecule has 4 nitrogen and oxygen atoms in total. The Morgan fingerprint density at radius 2 is 1.89 bits per heavy atom. The van der Waals surface area contributed by atoms with Crippen molar-refractivity contribution in [3.8, 4) is 0 Å². The summed E-state index contributed by atoms with van der Waals surface area (Å²) >= 11 is 0. The van der Waals surface area contributed by atoms with Gasteiger partial charge in [-0.05, 0) is 55.5 Å². The van der Waals surface area contributed by atoms with Crippen LogP contribution in [0.25, 0.3) is 10.9 Å². The minimum Gasteiger partial charge on any atom is -0.358 e. The van der Waals surface area contributed by atoms with Crippen LogP contribution in [0.1, 0.15) is 45.6 Å². The number of aromatic amines is 1. The van der Waals surface area contributed by atoms with Crippen molar-refractivity contribution >= 4 is 23.0 Å². The van der Waals surface area contributed by atoms with E-state index in [1.165, 1.54) is 29.5 Å². The molecule has 0 radical (unpaired) electrons. The highest BCUT2D eigenvalue weighted by Crippen LogP contribution is 2.31. The number of rotatable bonds is 3. The van der Waals surface area contributed by atoms with E-state index in [-0.39, 0.29) is 5.56 Å². The molecule has 2 N–H and O–H groups in total. The van der Waals surface area contributed by atoms with Crippen molar-refractivity contribution in [1.82, 2.24) is 10.4 Å². The minimum atomic E-state index is -4.48. The molecule has 3 aromatic rings. The number of carbonyl (C=O) groups is 1. The molecular formula is C21H18F3N3O. The second-order valence-corrected chi connectivity index (χ2v) is 6.83. The highest BCUT2D eigenvalue weighted by molar-refractivity contribution is 5.99. The van der Waals surface area contributed by atoms with Gasteiger partial charge in [-0.15, -0.1) is 0 Å². The smallest absolute Gasteiger partial charge is 0.358 e. The third-order valence-electron chi connectivity index (χ3n) is 5.00. The Balaban J connectivity index is 1.54. The summed E-state index contributed by atoms with van der Waals surface area (Å²) in [6.07, 6.45) is 0.796. The maximum absolute atomic E-state index is 13.0. The number of hydrogen-bond acceptors (Lipinski definition) is 2. The molecule has 0 aliphatic heterocycles. The topological polar surface area (TPSA) is 57.2 Å². The molecule has 28 heavy (non-hydrogen) atoms. The molecule has 1 heterocycles. The molecule has 4 rings (SSSR count). The van der Waals surface area contributed by atoms with E-state index in [1.807, 2.05) is 12.1 Å². The lowest BCUT2D eigenvalue weighted by molar-refractivity contribution is -0.137. The molecule has 0 fully saturated rings. The van der Waals surface area contributed by atoms with Gasteiger partial charge in [0.25, 0.3) is 5.91 Å². The van der Waals surface area contributed by atoms with E-state index in [0.717, 1.165) is 48.9 Å². The molecule has 0 saturated heterocycles. The lowest BCUT2D eigenvalue weighted by Gasteiger charge is -2.10. The first-order valence-electron chi connectivity index (χ1n) is 9.06. The van der Waals surface area contributed by atoms with Crippen molar-refractivity contribution in [2.45, 2.75) is 31.9 Å². The summed E-state index contributed by atoms with van der Waals surface area (Å²) in [6.45, 7) is 0. The summed E-state index contributed by atoms with van der Waals surface area (Å²) in [6, 6.07) is 10.4. The number of nitrogens with zero attached hydrogens (tertiary/aromatic N) is 1. The molecule has 144 valence electrons. The lowest BCUT2D eigenvalue weighted by atomic mass is 9.95. The number of alkyl halides is 3. The fourth-order valence-electron chi connectivity index (χ4n) is 3.64. The van der Waals surface area contributed by atoms with Crippen LogP contribution in [-0.4, -0.2) is 17.1 Å². The van der Waals surface area contributed by atoms with Gasteiger partial charge in [0.1, 0.15) is 0 Å². The van der Waals surface area contributed by atoms with Gasteiger partial charge in [-0.25, -0.2) is 5.43 Å². The average molecular weight is 385 g/mol. The number of halogens is 3. The van der Waals surface area contributed by atoms with E-state index < -0.39 is 17.6 Å². The van der Waals surface area contributed by atoms with E-state index in [1.54, 1.807) is 6.07 Å². The Bertz CT molecular complexity index is 1070. The summed E-state index contributed by atoms with van der Waals surface area (Å²) in [5, 5.41) is 4.74. The maximum atomic E-state index is 13.0. The predicted octanol–water partition coefficient (Wildman–Crippen LogP) is 4.83. The predicted molar refractivity (Wildman–Crippen MR) is 101 cm³/mol. The third kappa shape index (κ3) is 3.52. The number of H-pyrrole nitrogens is 1. The van der Waals surface area contributed by atoms with Crippen molar-refractivity contribution in [1.29, 1.82) is 0 Å². The number of aryl methyl sites for hydroxylation is 2. The van der Waals surface area contributed by atoms with E-state index in [4.69, 9.17) is 0 Å². The first-order chi connectivity index (χ1) is 13.4. The van der Waals surface area contributed by atoms with E-state index in [0.29, 0.717) is 5.56 Å². The fourth-order valence-corrected chi connectivity index (χ4v) is 3.64. The van der Waals surface area contributed by atoms with Crippen molar-refractivity contribution in [3.05, 3.63) is 70.4 Å². The third-order valence-corrected chi connectivity index (χ3v) is 5.00. The average Bonchev–Trinajstić information content (AvgIpc) is 3.05. The van der Waals surface area contributed by atoms with Gasteiger partial charge < -0.3 is 4.98 Å². The molecule has 1 aliphatic rings. The molecule has 0 unspecified atom stereocenters. The van der Waals surface area contributed by atoms with Crippen LogP contribution >= 0.6 is 0 Å². The second kappa shape index (κ2) is 7.14. The van der Waals surface area contributed by atoms with Crippen molar-refractivity contribution in [3.63, 3.8) is 0 Å². The van der Waals surface area contributed by atoms with Gasteiger partial charge in [0.05, 0.1) is 11.8 Å². The number of fused-ring (bicyclic) bond motifs is 3. The zero-order valence-electron chi connectivity index (χ0n) is 14.9. The SMILES string of the molecule is O=C(N/N=C\c1ccccc1C(F)(F)F)c1ccc2[nH]c3c(c2c1)CCCC3. The van der Waals surface area contributed by atoms with Crippen molar-refractivity contribution < 1.29 is 18.0 Å². The van der Waals surface area contributed by atoms with Crippen LogP contribution in [0.3, 0.4) is 0 Å². The lowest BCUT2D eigenvalue weighted by Crippen LogP contribution is -2.18. The second-order valence-electron chi connectivity index (χ2n) is 6.83. The van der Waals surface area contributed by atoms with Crippen molar-refractivity contribution in [2.24, 2.45) is 5.10 Å². The molecule has 7 heteroatoms. The van der Waals surface area contributed by atoms with Crippen LogP contribution in [0, 0.1) is 0 Å². The van der Waals surface area contributed by atoms with Gasteiger partial charge in [0, 0.05) is 27.7 Å². The zero-order chi connectivity index (χ0) is 19.7.